The van der Waals surface area contributed by atoms with Gasteiger partial charge >= 0.3 is 6.09 Å². The van der Waals surface area contributed by atoms with E-state index in [0.717, 1.165) is 22.1 Å². The molecule has 0 spiro atoms. The molecule has 0 aromatic heterocycles. The van der Waals surface area contributed by atoms with Crippen LogP contribution in [0, 0.1) is 0 Å². The fourth-order valence-corrected chi connectivity index (χ4v) is 3.38. The molecule has 144 valence electrons. The van der Waals surface area contributed by atoms with Crippen molar-refractivity contribution in [2.24, 2.45) is 0 Å². The summed E-state index contributed by atoms with van der Waals surface area (Å²) >= 11 is 0. The Balaban J connectivity index is 1.67. The average Bonchev–Trinajstić information content (AvgIpc) is 2.72. The second-order valence-corrected chi connectivity index (χ2v) is 6.71. The van der Waals surface area contributed by atoms with Crippen LogP contribution in [0.25, 0.3) is 10.8 Å². The molecule has 0 aliphatic carbocycles. The number of rotatable bonds is 4. The number of nitrogens with zero attached hydrogens (tertiary/aromatic N) is 2. The van der Waals surface area contributed by atoms with Crippen molar-refractivity contribution >= 4 is 22.8 Å². The molecule has 6 heteroatoms. The molecule has 1 saturated heterocycles. The van der Waals surface area contributed by atoms with E-state index >= 15 is 0 Å². The van der Waals surface area contributed by atoms with E-state index in [1.54, 1.807) is 18.9 Å². The van der Waals surface area contributed by atoms with E-state index < -0.39 is 0 Å². The second kappa shape index (κ2) is 8.29. The molecule has 0 bridgehead atoms. The van der Waals surface area contributed by atoms with Gasteiger partial charge in [-0.05, 0) is 42.3 Å². The van der Waals surface area contributed by atoms with Crippen LogP contribution in [-0.2, 0) is 9.53 Å². The molecule has 0 saturated carbocycles. The molecular formula is C21H26N2O4. The molecule has 1 heterocycles. The highest BCUT2D eigenvalue weighted by molar-refractivity contribution is 5.88. The van der Waals surface area contributed by atoms with Gasteiger partial charge in [-0.25, -0.2) is 4.79 Å². The predicted molar refractivity (Wildman–Crippen MR) is 104 cm³/mol. The Labute approximate surface area is 159 Å². The number of ether oxygens (including phenoxy) is 2. The quantitative estimate of drug-likeness (QED) is 0.829. The SMILES string of the molecule is CCOC(=O)N1CCN(C(=O)[C@H](C)c2ccc3cc(OC)ccc3c2)CC1. The van der Waals surface area contributed by atoms with Crippen molar-refractivity contribution in [3.63, 3.8) is 0 Å². The van der Waals surface area contributed by atoms with Gasteiger partial charge in [-0.2, -0.15) is 0 Å². The number of methoxy groups -OCH3 is 1. The minimum atomic E-state index is -0.303. The third kappa shape index (κ3) is 4.15. The van der Waals surface area contributed by atoms with Crippen molar-refractivity contribution in [2.45, 2.75) is 19.8 Å². The minimum Gasteiger partial charge on any atom is -0.497 e. The van der Waals surface area contributed by atoms with E-state index in [0.29, 0.717) is 32.8 Å². The van der Waals surface area contributed by atoms with Crippen molar-refractivity contribution in [1.29, 1.82) is 0 Å². The van der Waals surface area contributed by atoms with Crippen LogP contribution >= 0.6 is 0 Å². The van der Waals surface area contributed by atoms with E-state index in [9.17, 15) is 9.59 Å². The molecule has 1 aliphatic heterocycles. The fourth-order valence-electron chi connectivity index (χ4n) is 3.38. The Morgan fingerprint density at radius 2 is 1.63 bits per heavy atom. The van der Waals surface area contributed by atoms with Crippen molar-refractivity contribution in [3.8, 4) is 5.75 Å². The highest BCUT2D eigenvalue weighted by atomic mass is 16.6. The van der Waals surface area contributed by atoms with E-state index in [2.05, 4.69) is 6.07 Å². The number of fused-ring (bicyclic) bond motifs is 1. The van der Waals surface area contributed by atoms with E-state index in [-0.39, 0.29) is 17.9 Å². The molecule has 2 aromatic rings. The van der Waals surface area contributed by atoms with Crippen molar-refractivity contribution in [3.05, 3.63) is 42.0 Å². The molecule has 2 aromatic carbocycles. The van der Waals surface area contributed by atoms with Crippen LogP contribution in [0.1, 0.15) is 25.3 Å². The first-order valence-electron chi connectivity index (χ1n) is 9.31. The van der Waals surface area contributed by atoms with Gasteiger partial charge in [-0.1, -0.05) is 24.3 Å². The highest BCUT2D eigenvalue weighted by Crippen LogP contribution is 2.26. The van der Waals surface area contributed by atoms with Crippen LogP contribution in [0.4, 0.5) is 4.79 Å². The van der Waals surface area contributed by atoms with Gasteiger partial charge in [-0.3, -0.25) is 4.79 Å². The standard InChI is InChI=1S/C21H26N2O4/c1-4-27-21(25)23-11-9-22(10-12-23)20(24)15(2)16-5-6-18-14-19(26-3)8-7-17(18)13-16/h5-8,13-15H,4,9-12H2,1-3H3/t15-/m1/s1. The van der Waals surface area contributed by atoms with Crippen LogP contribution in [0.5, 0.6) is 5.75 Å². The number of piperazine rings is 1. The maximum Gasteiger partial charge on any atom is 0.409 e. The molecule has 1 atom stereocenters. The zero-order chi connectivity index (χ0) is 19.4. The first-order valence-corrected chi connectivity index (χ1v) is 9.31. The van der Waals surface area contributed by atoms with Gasteiger partial charge in [-0.15, -0.1) is 0 Å². The maximum absolute atomic E-state index is 12.9. The Morgan fingerprint density at radius 3 is 2.30 bits per heavy atom. The monoisotopic (exact) mass is 370 g/mol. The molecule has 0 radical (unpaired) electrons. The Hall–Kier alpha value is -2.76. The molecule has 6 nitrogen and oxygen atoms in total. The summed E-state index contributed by atoms with van der Waals surface area (Å²) in [7, 11) is 1.65. The number of hydrogen-bond acceptors (Lipinski definition) is 4. The second-order valence-electron chi connectivity index (χ2n) is 6.71. The summed E-state index contributed by atoms with van der Waals surface area (Å²) in [6.45, 7) is 6.18. The van der Waals surface area contributed by atoms with Crippen LogP contribution in [0.3, 0.4) is 0 Å². The van der Waals surface area contributed by atoms with Gasteiger partial charge in [0.15, 0.2) is 0 Å². The number of amides is 2. The molecule has 0 N–H and O–H groups in total. The third-order valence-corrected chi connectivity index (χ3v) is 5.06. The lowest BCUT2D eigenvalue weighted by molar-refractivity contribution is -0.134. The van der Waals surface area contributed by atoms with Gasteiger partial charge in [0.25, 0.3) is 0 Å². The molecule has 27 heavy (non-hydrogen) atoms. The third-order valence-electron chi connectivity index (χ3n) is 5.06. The van der Waals surface area contributed by atoms with Gasteiger partial charge in [0.05, 0.1) is 19.6 Å². The smallest absolute Gasteiger partial charge is 0.409 e. The molecule has 1 fully saturated rings. The lowest BCUT2D eigenvalue weighted by Crippen LogP contribution is -2.51. The van der Waals surface area contributed by atoms with E-state index in [1.165, 1.54) is 0 Å². The Bertz CT molecular complexity index is 828. The van der Waals surface area contributed by atoms with Crippen molar-refractivity contribution in [1.82, 2.24) is 9.80 Å². The summed E-state index contributed by atoms with van der Waals surface area (Å²) in [5.41, 5.74) is 0.991. The molecular weight excluding hydrogens is 344 g/mol. The first kappa shape index (κ1) is 19.0. The van der Waals surface area contributed by atoms with Crippen LogP contribution in [0.2, 0.25) is 0 Å². The molecule has 0 unspecified atom stereocenters. The van der Waals surface area contributed by atoms with Crippen LogP contribution in [-0.4, -0.2) is 61.7 Å². The molecule has 2 amide bonds. The number of hydrogen-bond donors (Lipinski definition) is 0. The van der Waals surface area contributed by atoms with Gasteiger partial charge < -0.3 is 19.3 Å². The molecule has 1 aliphatic rings. The van der Waals surface area contributed by atoms with Crippen LogP contribution < -0.4 is 4.74 Å². The topological polar surface area (TPSA) is 59.1 Å². The van der Waals surface area contributed by atoms with Crippen LogP contribution in [0.15, 0.2) is 36.4 Å². The Morgan fingerprint density at radius 1 is 1.00 bits per heavy atom. The summed E-state index contributed by atoms with van der Waals surface area (Å²) in [5, 5.41) is 2.17. The highest BCUT2D eigenvalue weighted by Gasteiger charge is 2.28. The zero-order valence-electron chi connectivity index (χ0n) is 16.1. The predicted octanol–water partition coefficient (Wildman–Crippen LogP) is 3.25. The van der Waals surface area contributed by atoms with Gasteiger partial charge in [0.2, 0.25) is 5.91 Å². The lowest BCUT2D eigenvalue weighted by Gasteiger charge is -2.35. The van der Waals surface area contributed by atoms with E-state index in [1.807, 2.05) is 42.2 Å². The minimum absolute atomic E-state index is 0.0892. The van der Waals surface area contributed by atoms with Gasteiger partial charge in [0.1, 0.15) is 5.75 Å². The summed E-state index contributed by atoms with van der Waals surface area (Å²) in [6, 6.07) is 12.0. The largest absolute Gasteiger partial charge is 0.497 e. The summed E-state index contributed by atoms with van der Waals surface area (Å²) < 4.78 is 10.3. The normalized spacial score (nSPS) is 15.5. The summed E-state index contributed by atoms with van der Waals surface area (Å²) in [5.74, 6) is 0.677. The van der Waals surface area contributed by atoms with Gasteiger partial charge in [0, 0.05) is 26.2 Å². The number of benzene rings is 2. The van der Waals surface area contributed by atoms with Crippen molar-refractivity contribution in [2.75, 3.05) is 39.9 Å². The van der Waals surface area contributed by atoms with E-state index in [4.69, 9.17) is 9.47 Å². The Kier molecular flexibility index (Phi) is 5.84. The first-order chi connectivity index (χ1) is 13.0. The molecule has 3 rings (SSSR count). The average molecular weight is 370 g/mol. The lowest BCUT2D eigenvalue weighted by atomic mass is 9.96. The summed E-state index contributed by atoms with van der Waals surface area (Å²) in [4.78, 5) is 28.2. The van der Waals surface area contributed by atoms with Crippen molar-refractivity contribution < 1.29 is 19.1 Å². The zero-order valence-corrected chi connectivity index (χ0v) is 16.1. The fraction of sp³-hybridized carbons (Fsp3) is 0.429. The number of carbonyl (C=O) groups is 2. The maximum atomic E-state index is 12.9. The number of carbonyl (C=O) groups excluding carboxylic acids is 2. The summed E-state index contributed by atoms with van der Waals surface area (Å²) in [6.07, 6.45) is -0.303.